The number of imidazole rings is 1. The first-order valence-corrected chi connectivity index (χ1v) is 6.26. The molecule has 0 amide bonds. The summed E-state index contributed by atoms with van der Waals surface area (Å²) < 4.78 is 2.91. The minimum Gasteiger partial charge on any atom is -0.331 e. The van der Waals surface area contributed by atoms with Crippen molar-refractivity contribution in [2.45, 2.75) is 25.8 Å². The van der Waals surface area contributed by atoms with Crippen LogP contribution in [0, 0.1) is 22.0 Å². The van der Waals surface area contributed by atoms with E-state index in [2.05, 4.69) is 22.5 Å². The molecular weight excluding hydrogens is 230 g/mol. The van der Waals surface area contributed by atoms with Crippen LogP contribution in [0.2, 0.25) is 0 Å². The van der Waals surface area contributed by atoms with Crippen LogP contribution in [0.5, 0.6) is 0 Å². The second-order valence-electron chi connectivity index (χ2n) is 4.72. The quantitative estimate of drug-likeness (QED) is 0.820. The number of aromatic nitrogens is 2. The molecule has 4 heteroatoms. The predicted molar refractivity (Wildman–Crippen MR) is 69.3 cm³/mol. The maximum Gasteiger partial charge on any atom is 0.178 e. The maximum atomic E-state index is 8.96. The number of H-pyrrole nitrogens is 1. The lowest BCUT2D eigenvalue weighted by Gasteiger charge is -2.13. The summed E-state index contributed by atoms with van der Waals surface area (Å²) in [5.41, 5.74) is 2.75. The van der Waals surface area contributed by atoms with Crippen LogP contribution in [0.25, 0.3) is 11.0 Å². The van der Waals surface area contributed by atoms with Crippen molar-refractivity contribution < 1.29 is 0 Å². The third kappa shape index (κ3) is 1.67. The molecule has 1 aromatic carbocycles. The van der Waals surface area contributed by atoms with Gasteiger partial charge in [-0.25, -0.2) is 0 Å². The van der Waals surface area contributed by atoms with Crippen molar-refractivity contribution in [2.75, 3.05) is 0 Å². The fourth-order valence-electron chi connectivity index (χ4n) is 2.38. The number of benzene rings is 1. The first-order valence-electron chi connectivity index (χ1n) is 5.85. The highest BCUT2D eigenvalue weighted by atomic mass is 32.1. The van der Waals surface area contributed by atoms with Gasteiger partial charge in [-0.15, -0.1) is 0 Å². The van der Waals surface area contributed by atoms with Crippen LogP contribution < -0.4 is 0 Å². The molecule has 1 aromatic heterocycles. The summed E-state index contributed by atoms with van der Waals surface area (Å²) in [7, 11) is 0. The number of aromatic amines is 1. The fraction of sp³-hybridized carbons (Fsp3) is 0.385. The number of nitrogens with one attached hydrogen (secondary N) is 1. The maximum absolute atomic E-state index is 8.96. The number of hydrogen-bond acceptors (Lipinski definition) is 2. The van der Waals surface area contributed by atoms with Crippen LogP contribution in [0.4, 0.5) is 0 Å². The zero-order valence-corrected chi connectivity index (χ0v) is 10.4. The summed E-state index contributed by atoms with van der Waals surface area (Å²) in [5, 5.41) is 8.96. The lowest BCUT2D eigenvalue weighted by molar-refractivity contribution is 0.493. The first-order chi connectivity index (χ1) is 8.20. The molecule has 1 aliphatic carbocycles. The van der Waals surface area contributed by atoms with Gasteiger partial charge in [0, 0.05) is 6.04 Å². The average molecular weight is 243 g/mol. The SMILES string of the molecule is CC(C1CC1)n1c(=S)[nH]c2ccc(C#N)cc21. The lowest BCUT2D eigenvalue weighted by Crippen LogP contribution is -2.06. The minimum absolute atomic E-state index is 0.421. The Morgan fingerprint density at radius 2 is 2.29 bits per heavy atom. The molecule has 1 atom stereocenters. The van der Waals surface area contributed by atoms with E-state index in [0.29, 0.717) is 11.6 Å². The molecule has 1 saturated carbocycles. The Labute approximate surface area is 105 Å². The summed E-state index contributed by atoms with van der Waals surface area (Å²) in [5.74, 6) is 0.742. The van der Waals surface area contributed by atoms with Crippen molar-refractivity contribution in [2.24, 2.45) is 5.92 Å². The van der Waals surface area contributed by atoms with E-state index in [4.69, 9.17) is 17.5 Å². The van der Waals surface area contributed by atoms with Crippen LogP contribution >= 0.6 is 12.2 Å². The number of nitriles is 1. The van der Waals surface area contributed by atoms with E-state index in [1.807, 2.05) is 18.2 Å². The highest BCUT2D eigenvalue weighted by molar-refractivity contribution is 7.71. The van der Waals surface area contributed by atoms with Gasteiger partial charge >= 0.3 is 0 Å². The van der Waals surface area contributed by atoms with Crippen LogP contribution in [0.3, 0.4) is 0 Å². The molecule has 1 heterocycles. The van der Waals surface area contributed by atoms with Gasteiger partial charge in [0.25, 0.3) is 0 Å². The molecule has 1 unspecified atom stereocenters. The molecule has 0 bridgehead atoms. The van der Waals surface area contributed by atoms with Gasteiger partial charge < -0.3 is 9.55 Å². The van der Waals surface area contributed by atoms with Gasteiger partial charge in [0.1, 0.15) is 0 Å². The monoisotopic (exact) mass is 243 g/mol. The number of nitrogens with zero attached hydrogens (tertiary/aromatic N) is 2. The minimum atomic E-state index is 0.421. The van der Waals surface area contributed by atoms with E-state index < -0.39 is 0 Å². The Bertz CT molecular complexity index is 670. The Morgan fingerprint density at radius 1 is 1.53 bits per heavy atom. The van der Waals surface area contributed by atoms with E-state index in [1.165, 1.54) is 12.8 Å². The summed E-state index contributed by atoms with van der Waals surface area (Å²) >= 11 is 5.38. The molecule has 1 aliphatic rings. The van der Waals surface area contributed by atoms with Crippen molar-refractivity contribution in [3.63, 3.8) is 0 Å². The van der Waals surface area contributed by atoms with Crippen molar-refractivity contribution >= 4 is 23.3 Å². The summed E-state index contributed by atoms with van der Waals surface area (Å²) in [6.07, 6.45) is 2.57. The lowest BCUT2D eigenvalue weighted by atomic mass is 10.2. The van der Waals surface area contributed by atoms with E-state index >= 15 is 0 Å². The predicted octanol–water partition coefficient (Wildman–Crippen LogP) is 3.54. The molecule has 1 N–H and O–H groups in total. The van der Waals surface area contributed by atoms with E-state index in [1.54, 1.807) is 0 Å². The van der Waals surface area contributed by atoms with Crippen LogP contribution in [-0.2, 0) is 0 Å². The zero-order chi connectivity index (χ0) is 12.0. The Balaban J connectivity index is 2.24. The van der Waals surface area contributed by atoms with Gasteiger partial charge in [-0.3, -0.25) is 0 Å². The number of hydrogen-bond donors (Lipinski definition) is 1. The number of fused-ring (bicyclic) bond motifs is 1. The molecule has 0 radical (unpaired) electrons. The van der Waals surface area contributed by atoms with Crippen LogP contribution in [0.1, 0.15) is 31.4 Å². The molecule has 0 saturated heterocycles. The van der Waals surface area contributed by atoms with Crippen LogP contribution in [0.15, 0.2) is 18.2 Å². The first kappa shape index (κ1) is 10.5. The Kier molecular flexibility index (Phi) is 2.30. The standard InChI is InChI=1S/C13H13N3S/c1-8(10-3-4-10)16-12-6-9(7-14)2-5-11(12)15-13(16)17/h2,5-6,8,10H,3-4H2,1H3,(H,15,17). The normalized spacial score (nSPS) is 16.9. The molecule has 3 rings (SSSR count). The number of rotatable bonds is 2. The molecule has 0 spiro atoms. The van der Waals surface area contributed by atoms with Gasteiger partial charge in [0.15, 0.2) is 4.77 Å². The van der Waals surface area contributed by atoms with Gasteiger partial charge in [0.2, 0.25) is 0 Å². The molecule has 3 nitrogen and oxygen atoms in total. The summed E-state index contributed by atoms with van der Waals surface area (Å²) in [6.45, 7) is 2.21. The van der Waals surface area contributed by atoms with Crippen molar-refractivity contribution in [1.82, 2.24) is 9.55 Å². The highest BCUT2D eigenvalue weighted by Crippen LogP contribution is 2.40. The Morgan fingerprint density at radius 3 is 2.94 bits per heavy atom. The molecule has 86 valence electrons. The largest absolute Gasteiger partial charge is 0.331 e. The van der Waals surface area contributed by atoms with E-state index in [0.717, 1.165) is 21.7 Å². The van der Waals surface area contributed by atoms with E-state index in [-0.39, 0.29) is 0 Å². The molecular formula is C13H13N3S. The second kappa shape index (κ2) is 3.71. The fourth-order valence-corrected chi connectivity index (χ4v) is 2.76. The third-order valence-electron chi connectivity index (χ3n) is 3.56. The average Bonchev–Trinajstić information content (AvgIpc) is 3.11. The molecule has 17 heavy (non-hydrogen) atoms. The van der Waals surface area contributed by atoms with E-state index in [9.17, 15) is 0 Å². The molecule has 0 aliphatic heterocycles. The van der Waals surface area contributed by atoms with Gasteiger partial charge in [-0.05, 0) is 56.1 Å². The van der Waals surface area contributed by atoms with Crippen molar-refractivity contribution in [3.05, 3.63) is 28.5 Å². The summed E-state index contributed by atoms with van der Waals surface area (Å²) in [6, 6.07) is 8.27. The Hall–Kier alpha value is -1.60. The zero-order valence-electron chi connectivity index (χ0n) is 9.60. The molecule has 2 aromatic rings. The third-order valence-corrected chi connectivity index (χ3v) is 3.86. The topological polar surface area (TPSA) is 44.5 Å². The van der Waals surface area contributed by atoms with Gasteiger partial charge in [0.05, 0.1) is 22.7 Å². The smallest absolute Gasteiger partial charge is 0.178 e. The summed E-state index contributed by atoms with van der Waals surface area (Å²) in [4.78, 5) is 3.21. The van der Waals surface area contributed by atoms with Crippen molar-refractivity contribution in [3.8, 4) is 6.07 Å². The van der Waals surface area contributed by atoms with Gasteiger partial charge in [-0.2, -0.15) is 5.26 Å². The molecule has 1 fully saturated rings. The van der Waals surface area contributed by atoms with Gasteiger partial charge in [-0.1, -0.05) is 0 Å². The van der Waals surface area contributed by atoms with Crippen LogP contribution in [-0.4, -0.2) is 9.55 Å². The van der Waals surface area contributed by atoms with Crippen molar-refractivity contribution in [1.29, 1.82) is 5.26 Å². The second-order valence-corrected chi connectivity index (χ2v) is 5.11. The highest BCUT2D eigenvalue weighted by Gasteiger charge is 2.30.